The number of sulfonamides is 1. The molecule has 18 heavy (non-hydrogen) atoms. The van der Waals surface area contributed by atoms with Crippen LogP contribution in [0.2, 0.25) is 0 Å². The molecule has 2 rings (SSSR count). The van der Waals surface area contributed by atoms with Crippen LogP contribution in [0.1, 0.15) is 19.3 Å². The average molecular weight is 267 g/mol. The van der Waals surface area contributed by atoms with E-state index in [1.54, 1.807) is 18.2 Å². The smallest absolute Gasteiger partial charge is 0.264 e. The number of Topliss-reactive ketones (excluding diaryl/α,β-unsaturated/α-hetero) is 1. The lowest BCUT2D eigenvalue weighted by Crippen LogP contribution is -2.34. The highest BCUT2D eigenvalue weighted by Gasteiger charge is 2.30. The maximum absolute atomic E-state index is 11.9. The van der Waals surface area contributed by atoms with E-state index in [0.717, 1.165) is 0 Å². The number of nitrogens with one attached hydrogen (secondary N) is 1. The molecule has 0 bridgehead atoms. The second-order valence-electron chi connectivity index (χ2n) is 4.26. The highest BCUT2D eigenvalue weighted by atomic mass is 32.2. The highest BCUT2D eigenvalue weighted by Crippen LogP contribution is 2.22. The van der Waals surface area contributed by atoms with Gasteiger partial charge in [0.15, 0.2) is 0 Å². The van der Waals surface area contributed by atoms with Crippen LogP contribution in [0.15, 0.2) is 35.2 Å². The summed E-state index contributed by atoms with van der Waals surface area (Å²) < 4.78 is 25.7. The summed E-state index contributed by atoms with van der Waals surface area (Å²) in [6.45, 7) is 0. The molecule has 96 valence electrons. The molecule has 1 aliphatic rings. The Morgan fingerprint density at radius 3 is 2.44 bits per heavy atom. The number of ketones is 1. The van der Waals surface area contributed by atoms with E-state index in [0.29, 0.717) is 12.8 Å². The maximum Gasteiger partial charge on any atom is 0.264 e. The van der Waals surface area contributed by atoms with Crippen LogP contribution in [0, 0.1) is 5.92 Å². The van der Waals surface area contributed by atoms with E-state index in [-0.39, 0.29) is 17.1 Å². The SMILES string of the molecule is O=C1CCC(C(=O)NS(=O)(=O)c2ccccc2)C1. The third kappa shape index (κ3) is 2.76. The van der Waals surface area contributed by atoms with Crippen molar-refractivity contribution in [2.75, 3.05) is 0 Å². The van der Waals surface area contributed by atoms with Gasteiger partial charge in [-0.05, 0) is 18.6 Å². The Morgan fingerprint density at radius 2 is 1.89 bits per heavy atom. The molecule has 1 aliphatic carbocycles. The summed E-state index contributed by atoms with van der Waals surface area (Å²) in [7, 11) is -3.83. The monoisotopic (exact) mass is 267 g/mol. The summed E-state index contributed by atoms with van der Waals surface area (Å²) in [6.07, 6.45) is 0.911. The minimum Gasteiger partial charge on any atom is -0.300 e. The van der Waals surface area contributed by atoms with E-state index in [1.807, 2.05) is 4.72 Å². The van der Waals surface area contributed by atoms with Crippen molar-refractivity contribution >= 4 is 21.7 Å². The number of hydrogen-bond donors (Lipinski definition) is 1. The van der Waals surface area contributed by atoms with Crippen LogP contribution in [0.4, 0.5) is 0 Å². The van der Waals surface area contributed by atoms with E-state index in [1.165, 1.54) is 12.1 Å². The Hall–Kier alpha value is -1.69. The normalized spacial score (nSPS) is 19.8. The minimum absolute atomic E-state index is 0.00672. The van der Waals surface area contributed by atoms with Gasteiger partial charge in [0.1, 0.15) is 5.78 Å². The van der Waals surface area contributed by atoms with Gasteiger partial charge in [-0.3, -0.25) is 9.59 Å². The molecule has 1 fully saturated rings. The largest absolute Gasteiger partial charge is 0.300 e. The molecule has 0 aliphatic heterocycles. The minimum atomic E-state index is -3.83. The molecule has 1 unspecified atom stereocenters. The van der Waals surface area contributed by atoms with Crippen molar-refractivity contribution < 1.29 is 18.0 Å². The zero-order valence-corrected chi connectivity index (χ0v) is 10.4. The first kappa shape index (κ1) is 12.8. The van der Waals surface area contributed by atoms with Crippen molar-refractivity contribution in [3.8, 4) is 0 Å². The fraction of sp³-hybridized carbons (Fsp3) is 0.333. The van der Waals surface area contributed by atoms with Crippen LogP contribution < -0.4 is 4.72 Å². The molecule has 1 N–H and O–H groups in total. The van der Waals surface area contributed by atoms with E-state index >= 15 is 0 Å². The molecule has 1 aromatic rings. The molecular formula is C12H13NO4S. The van der Waals surface area contributed by atoms with Crippen molar-refractivity contribution in [3.05, 3.63) is 30.3 Å². The Labute approximate surface area is 105 Å². The van der Waals surface area contributed by atoms with Crippen LogP contribution in [0.5, 0.6) is 0 Å². The Morgan fingerprint density at radius 1 is 1.22 bits per heavy atom. The second kappa shape index (κ2) is 4.89. The van der Waals surface area contributed by atoms with Crippen LogP contribution in [-0.2, 0) is 19.6 Å². The number of benzene rings is 1. The van der Waals surface area contributed by atoms with Crippen molar-refractivity contribution in [3.63, 3.8) is 0 Å². The Balaban J connectivity index is 2.09. The fourth-order valence-corrected chi connectivity index (χ4v) is 2.98. The molecule has 5 nitrogen and oxygen atoms in total. The Kier molecular flexibility index (Phi) is 3.47. The molecule has 0 radical (unpaired) electrons. The van der Waals surface area contributed by atoms with E-state index in [2.05, 4.69) is 0 Å². The fourth-order valence-electron chi connectivity index (χ4n) is 1.91. The summed E-state index contributed by atoms with van der Waals surface area (Å²) in [5.74, 6) is -1.10. The molecule has 6 heteroatoms. The molecule has 1 saturated carbocycles. The quantitative estimate of drug-likeness (QED) is 0.880. The highest BCUT2D eigenvalue weighted by molar-refractivity contribution is 7.90. The van der Waals surface area contributed by atoms with Gasteiger partial charge in [-0.25, -0.2) is 13.1 Å². The third-order valence-corrected chi connectivity index (χ3v) is 4.27. The zero-order valence-electron chi connectivity index (χ0n) is 9.63. The van der Waals surface area contributed by atoms with Gasteiger partial charge in [0.2, 0.25) is 5.91 Å². The number of hydrogen-bond acceptors (Lipinski definition) is 4. The van der Waals surface area contributed by atoms with Crippen molar-refractivity contribution in [1.82, 2.24) is 4.72 Å². The maximum atomic E-state index is 11.9. The summed E-state index contributed by atoms with van der Waals surface area (Å²) in [5.41, 5.74) is 0. The van der Waals surface area contributed by atoms with Gasteiger partial charge in [0.25, 0.3) is 10.0 Å². The molecule has 0 aromatic heterocycles. The second-order valence-corrected chi connectivity index (χ2v) is 5.94. The molecule has 1 atom stereocenters. The van der Waals surface area contributed by atoms with Gasteiger partial charge in [-0.15, -0.1) is 0 Å². The van der Waals surface area contributed by atoms with E-state index in [9.17, 15) is 18.0 Å². The summed E-state index contributed by atoms with van der Waals surface area (Å²) in [5, 5.41) is 0. The van der Waals surface area contributed by atoms with Gasteiger partial charge in [-0.2, -0.15) is 0 Å². The van der Waals surface area contributed by atoms with Crippen molar-refractivity contribution in [2.24, 2.45) is 5.92 Å². The summed E-state index contributed by atoms with van der Waals surface area (Å²) in [4.78, 5) is 22.8. The average Bonchev–Trinajstić information content (AvgIpc) is 2.77. The first-order chi connectivity index (χ1) is 8.49. The van der Waals surface area contributed by atoms with E-state index in [4.69, 9.17) is 0 Å². The van der Waals surface area contributed by atoms with Gasteiger partial charge < -0.3 is 0 Å². The molecular weight excluding hydrogens is 254 g/mol. The predicted octanol–water partition coefficient (Wildman–Crippen LogP) is 0.861. The Bertz CT molecular complexity index is 565. The topological polar surface area (TPSA) is 80.3 Å². The number of amides is 1. The first-order valence-electron chi connectivity index (χ1n) is 5.62. The van der Waals surface area contributed by atoms with Gasteiger partial charge >= 0.3 is 0 Å². The van der Waals surface area contributed by atoms with Crippen LogP contribution >= 0.6 is 0 Å². The predicted molar refractivity (Wildman–Crippen MR) is 64.1 cm³/mol. The number of rotatable bonds is 3. The van der Waals surface area contributed by atoms with Crippen molar-refractivity contribution in [2.45, 2.75) is 24.2 Å². The van der Waals surface area contributed by atoms with E-state index < -0.39 is 21.8 Å². The van der Waals surface area contributed by atoms with Crippen molar-refractivity contribution in [1.29, 1.82) is 0 Å². The molecule has 0 heterocycles. The first-order valence-corrected chi connectivity index (χ1v) is 7.11. The third-order valence-electron chi connectivity index (χ3n) is 2.90. The lowest BCUT2D eigenvalue weighted by Gasteiger charge is -2.10. The van der Waals surface area contributed by atoms with Crippen LogP contribution in [0.3, 0.4) is 0 Å². The van der Waals surface area contributed by atoms with Crippen LogP contribution in [-0.4, -0.2) is 20.1 Å². The summed E-state index contributed by atoms with van der Waals surface area (Å²) >= 11 is 0. The summed E-state index contributed by atoms with van der Waals surface area (Å²) in [6, 6.07) is 7.68. The number of carbonyl (C=O) groups is 2. The lowest BCUT2D eigenvalue weighted by molar-refractivity contribution is -0.125. The zero-order chi connectivity index (χ0) is 13.2. The van der Waals surface area contributed by atoms with Gasteiger partial charge in [-0.1, -0.05) is 18.2 Å². The lowest BCUT2D eigenvalue weighted by atomic mass is 10.1. The molecule has 0 spiro atoms. The number of carbonyl (C=O) groups excluding carboxylic acids is 2. The molecule has 0 saturated heterocycles. The van der Waals surface area contributed by atoms with Gasteiger partial charge in [0.05, 0.1) is 4.90 Å². The van der Waals surface area contributed by atoms with Gasteiger partial charge in [0, 0.05) is 18.8 Å². The molecule has 1 amide bonds. The standard InChI is InChI=1S/C12H13NO4S/c14-10-7-6-9(8-10)12(15)13-18(16,17)11-4-2-1-3-5-11/h1-5,9H,6-8H2,(H,13,15). The molecule has 1 aromatic carbocycles. The van der Waals surface area contributed by atoms with Crippen LogP contribution in [0.25, 0.3) is 0 Å².